The number of Topliss-reactive ketones (excluding diaryl/α,β-unsaturated/α-hetero) is 1. The molecule has 31 heavy (non-hydrogen) atoms. The molecule has 0 aliphatic heterocycles. The number of carbonyl (C=O) groups is 1. The minimum atomic E-state index is -0.196. The number of anilines is 1. The SMILES string of the molecule is CCC(CO)Nc1nc(-c2ccncc2)nc(SC)c1C(=O)CCc1ccc(C)cc1. The fourth-order valence-corrected chi connectivity index (χ4v) is 3.77. The molecule has 0 aliphatic carbocycles. The third-order valence-corrected chi connectivity index (χ3v) is 5.78. The zero-order chi connectivity index (χ0) is 22.2. The largest absolute Gasteiger partial charge is 0.394 e. The molecule has 0 bridgehead atoms. The van der Waals surface area contributed by atoms with Gasteiger partial charge in [-0.25, -0.2) is 9.97 Å². The first-order chi connectivity index (χ1) is 15.0. The Morgan fingerprint density at radius 2 is 1.84 bits per heavy atom. The Balaban J connectivity index is 1.97. The van der Waals surface area contributed by atoms with Crippen LogP contribution in [0.4, 0.5) is 5.82 Å². The summed E-state index contributed by atoms with van der Waals surface area (Å²) in [6.07, 6.45) is 7.00. The lowest BCUT2D eigenvalue weighted by molar-refractivity contribution is 0.0979. The number of ketones is 1. The van der Waals surface area contributed by atoms with Crippen LogP contribution in [0.2, 0.25) is 0 Å². The normalized spacial score (nSPS) is 11.9. The molecule has 0 radical (unpaired) electrons. The van der Waals surface area contributed by atoms with E-state index < -0.39 is 0 Å². The van der Waals surface area contributed by atoms with Gasteiger partial charge in [-0.2, -0.15) is 0 Å². The fraction of sp³-hybridized carbons (Fsp3) is 0.333. The summed E-state index contributed by atoms with van der Waals surface area (Å²) in [4.78, 5) is 26.7. The van der Waals surface area contributed by atoms with Crippen molar-refractivity contribution >= 4 is 23.4 Å². The van der Waals surface area contributed by atoms with Gasteiger partial charge in [-0.05, 0) is 43.7 Å². The third kappa shape index (κ3) is 5.89. The maximum absolute atomic E-state index is 13.3. The summed E-state index contributed by atoms with van der Waals surface area (Å²) >= 11 is 1.42. The number of aliphatic hydroxyl groups excluding tert-OH is 1. The van der Waals surface area contributed by atoms with E-state index in [0.717, 1.165) is 11.1 Å². The monoisotopic (exact) mass is 436 g/mol. The number of hydrogen-bond donors (Lipinski definition) is 2. The van der Waals surface area contributed by atoms with Gasteiger partial charge in [0, 0.05) is 24.4 Å². The van der Waals surface area contributed by atoms with Gasteiger partial charge in [0.05, 0.1) is 18.2 Å². The molecule has 1 atom stereocenters. The van der Waals surface area contributed by atoms with Crippen LogP contribution in [0, 0.1) is 6.92 Å². The molecule has 3 rings (SSSR count). The second-order valence-corrected chi connectivity index (χ2v) is 8.15. The first-order valence-corrected chi connectivity index (χ1v) is 11.6. The van der Waals surface area contributed by atoms with E-state index in [-0.39, 0.29) is 18.4 Å². The molecule has 2 aromatic heterocycles. The number of pyridine rings is 1. The number of nitrogens with one attached hydrogen (secondary N) is 1. The zero-order valence-corrected chi connectivity index (χ0v) is 18.9. The van der Waals surface area contributed by atoms with Crippen molar-refractivity contribution in [3.8, 4) is 11.4 Å². The van der Waals surface area contributed by atoms with Gasteiger partial charge in [0.15, 0.2) is 11.6 Å². The maximum atomic E-state index is 13.3. The first kappa shape index (κ1) is 22.9. The van der Waals surface area contributed by atoms with Crippen molar-refractivity contribution in [3.63, 3.8) is 0 Å². The molecule has 162 valence electrons. The smallest absolute Gasteiger partial charge is 0.169 e. The van der Waals surface area contributed by atoms with Crippen molar-refractivity contribution < 1.29 is 9.90 Å². The number of nitrogens with zero attached hydrogens (tertiary/aromatic N) is 3. The van der Waals surface area contributed by atoms with Gasteiger partial charge in [-0.1, -0.05) is 36.8 Å². The van der Waals surface area contributed by atoms with Crippen molar-refractivity contribution in [2.24, 2.45) is 0 Å². The topological polar surface area (TPSA) is 88.0 Å². The van der Waals surface area contributed by atoms with Gasteiger partial charge in [0.25, 0.3) is 0 Å². The minimum absolute atomic E-state index is 0.0125. The predicted molar refractivity (Wildman–Crippen MR) is 126 cm³/mol. The number of benzene rings is 1. The number of thioether (sulfide) groups is 1. The fourth-order valence-electron chi connectivity index (χ4n) is 3.18. The van der Waals surface area contributed by atoms with Crippen LogP contribution < -0.4 is 5.32 Å². The minimum Gasteiger partial charge on any atom is -0.394 e. The van der Waals surface area contributed by atoms with Crippen LogP contribution in [-0.2, 0) is 6.42 Å². The molecular formula is C24H28N4O2S. The molecule has 0 saturated heterocycles. The summed E-state index contributed by atoms with van der Waals surface area (Å²) in [7, 11) is 0. The number of rotatable bonds is 10. The standard InChI is InChI=1S/C24H28N4O2S/c1-4-19(15-29)26-23-21(20(30)10-9-17-7-5-16(2)6-8-17)24(31-3)28-22(27-23)18-11-13-25-14-12-18/h5-8,11-14,19,29H,4,9-10,15H2,1-3H3,(H,26,27,28). The number of hydrogen-bond acceptors (Lipinski definition) is 7. The number of aryl methyl sites for hydroxylation is 2. The molecule has 2 heterocycles. The number of aliphatic hydroxyl groups is 1. The average molecular weight is 437 g/mol. The summed E-state index contributed by atoms with van der Waals surface area (Å²) in [5, 5.41) is 13.6. The number of aromatic nitrogens is 3. The molecule has 0 fully saturated rings. The van der Waals surface area contributed by atoms with Crippen molar-refractivity contribution in [2.75, 3.05) is 18.2 Å². The predicted octanol–water partition coefficient (Wildman–Crippen LogP) is 4.57. The molecule has 0 spiro atoms. The molecule has 0 aliphatic rings. The van der Waals surface area contributed by atoms with Crippen LogP contribution >= 0.6 is 11.8 Å². The number of carbonyl (C=O) groups excluding carboxylic acids is 1. The van der Waals surface area contributed by atoms with E-state index in [2.05, 4.69) is 44.5 Å². The third-order valence-electron chi connectivity index (χ3n) is 5.10. The highest BCUT2D eigenvalue weighted by molar-refractivity contribution is 7.98. The Hall–Kier alpha value is -2.77. The van der Waals surface area contributed by atoms with Crippen LogP contribution in [0.25, 0.3) is 11.4 Å². The van der Waals surface area contributed by atoms with E-state index in [0.29, 0.717) is 41.5 Å². The van der Waals surface area contributed by atoms with Gasteiger partial charge in [-0.3, -0.25) is 9.78 Å². The van der Waals surface area contributed by atoms with E-state index >= 15 is 0 Å². The molecule has 0 amide bonds. The highest BCUT2D eigenvalue weighted by Gasteiger charge is 2.22. The first-order valence-electron chi connectivity index (χ1n) is 10.4. The average Bonchev–Trinajstić information content (AvgIpc) is 2.81. The van der Waals surface area contributed by atoms with Crippen LogP contribution in [-0.4, -0.2) is 44.7 Å². The van der Waals surface area contributed by atoms with Crippen LogP contribution in [0.3, 0.4) is 0 Å². The molecule has 6 nitrogen and oxygen atoms in total. The second-order valence-electron chi connectivity index (χ2n) is 7.36. The van der Waals surface area contributed by atoms with E-state index in [1.54, 1.807) is 12.4 Å². The summed E-state index contributed by atoms with van der Waals surface area (Å²) in [5.41, 5.74) is 3.63. The summed E-state index contributed by atoms with van der Waals surface area (Å²) in [6.45, 7) is 3.98. The van der Waals surface area contributed by atoms with E-state index in [4.69, 9.17) is 0 Å². The Morgan fingerprint density at radius 3 is 2.45 bits per heavy atom. The van der Waals surface area contributed by atoms with Gasteiger partial charge in [0.2, 0.25) is 0 Å². The molecule has 3 aromatic rings. The molecule has 1 aromatic carbocycles. The lowest BCUT2D eigenvalue weighted by Crippen LogP contribution is -2.25. The van der Waals surface area contributed by atoms with Crippen molar-refractivity contribution in [1.29, 1.82) is 0 Å². The highest BCUT2D eigenvalue weighted by atomic mass is 32.2. The van der Waals surface area contributed by atoms with Gasteiger partial charge >= 0.3 is 0 Å². The van der Waals surface area contributed by atoms with Crippen LogP contribution in [0.1, 0.15) is 41.3 Å². The van der Waals surface area contributed by atoms with Gasteiger partial charge in [0.1, 0.15) is 10.8 Å². The van der Waals surface area contributed by atoms with Crippen LogP contribution in [0.15, 0.2) is 53.8 Å². The van der Waals surface area contributed by atoms with E-state index in [9.17, 15) is 9.90 Å². The van der Waals surface area contributed by atoms with Crippen molar-refractivity contribution in [3.05, 3.63) is 65.5 Å². The second kappa shape index (κ2) is 11.0. The highest BCUT2D eigenvalue weighted by Crippen LogP contribution is 2.30. The molecule has 1 unspecified atom stereocenters. The molecule has 2 N–H and O–H groups in total. The van der Waals surface area contributed by atoms with Gasteiger partial charge < -0.3 is 10.4 Å². The van der Waals surface area contributed by atoms with E-state index in [1.807, 2.05) is 32.2 Å². The lowest BCUT2D eigenvalue weighted by atomic mass is 10.0. The van der Waals surface area contributed by atoms with Gasteiger partial charge in [-0.15, -0.1) is 11.8 Å². The summed E-state index contributed by atoms with van der Waals surface area (Å²) in [6, 6.07) is 11.7. The molecule has 0 saturated carbocycles. The quantitative estimate of drug-likeness (QED) is 0.273. The Bertz CT molecular complexity index is 1010. The Morgan fingerprint density at radius 1 is 1.13 bits per heavy atom. The molecular weight excluding hydrogens is 408 g/mol. The molecule has 7 heteroatoms. The summed E-state index contributed by atoms with van der Waals surface area (Å²) < 4.78 is 0. The van der Waals surface area contributed by atoms with Crippen molar-refractivity contribution in [1.82, 2.24) is 15.0 Å². The van der Waals surface area contributed by atoms with E-state index in [1.165, 1.54) is 17.3 Å². The van der Waals surface area contributed by atoms with Crippen LogP contribution in [0.5, 0.6) is 0 Å². The summed E-state index contributed by atoms with van der Waals surface area (Å²) in [5.74, 6) is 0.986. The Kier molecular flexibility index (Phi) is 8.14. The maximum Gasteiger partial charge on any atom is 0.169 e. The van der Waals surface area contributed by atoms with Crippen molar-refractivity contribution in [2.45, 2.75) is 44.2 Å². The lowest BCUT2D eigenvalue weighted by Gasteiger charge is -2.19. The Labute approximate surface area is 187 Å². The zero-order valence-electron chi connectivity index (χ0n) is 18.1.